The van der Waals surface area contributed by atoms with Crippen LogP contribution in [0.3, 0.4) is 0 Å². The van der Waals surface area contributed by atoms with Crippen LogP contribution in [0.1, 0.15) is 78.5 Å². The van der Waals surface area contributed by atoms with Crippen LogP contribution in [0.15, 0.2) is 24.3 Å². The number of carbonyl (C=O) groups excluding carboxylic acids is 4. The fourth-order valence-electron chi connectivity index (χ4n) is 6.13. The van der Waals surface area contributed by atoms with Crippen molar-refractivity contribution in [2.45, 2.75) is 76.1 Å². The number of amides is 5. The van der Waals surface area contributed by atoms with Gasteiger partial charge < -0.3 is 19.7 Å². The molecule has 2 aliphatic heterocycles. The van der Waals surface area contributed by atoms with E-state index < -0.39 is 18.0 Å². The average molecular weight is 605 g/mol. The first-order valence-electron chi connectivity index (χ1n) is 14.7. The molecule has 2 atom stereocenters. The second-order valence-corrected chi connectivity index (χ2v) is 12.6. The minimum absolute atomic E-state index is 0.128. The number of piperidine rings is 1. The molecule has 7 rings (SSSR count). The lowest BCUT2D eigenvalue weighted by molar-refractivity contribution is -0.136. The minimum atomic E-state index is -0.726. The van der Waals surface area contributed by atoms with Gasteiger partial charge in [-0.3, -0.25) is 25.0 Å². The Morgan fingerprint density at radius 1 is 1.09 bits per heavy atom. The summed E-state index contributed by atoms with van der Waals surface area (Å²) in [5, 5.41) is 9.01. The molecule has 4 aliphatic rings. The van der Waals surface area contributed by atoms with Crippen LogP contribution in [-0.4, -0.2) is 57.9 Å². The Labute approximate surface area is 251 Å². The van der Waals surface area contributed by atoms with Crippen molar-refractivity contribution in [2.75, 3.05) is 12.4 Å². The highest BCUT2D eigenvalue weighted by molar-refractivity contribution is 7.18. The molecular weight excluding hydrogens is 572 g/mol. The lowest BCUT2D eigenvalue weighted by Crippen LogP contribution is -2.52. The maximum Gasteiger partial charge on any atom is 0.320 e. The fourth-order valence-corrected chi connectivity index (χ4v) is 7.29. The number of nitrogens with one attached hydrogen (secondary N) is 3. The maximum atomic E-state index is 13.2. The van der Waals surface area contributed by atoms with E-state index in [4.69, 9.17) is 14.5 Å². The highest BCUT2D eigenvalue weighted by Gasteiger charge is 2.40. The molecule has 12 nitrogen and oxygen atoms in total. The Bertz CT molecular complexity index is 1630. The van der Waals surface area contributed by atoms with E-state index in [1.54, 1.807) is 19.2 Å². The first-order valence-corrected chi connectivity index (χ1v) is 15.5. The number of pyridine rings is 1. The Hall–Kier alpha value is -4.26. The summed E-state index contributed by atoms with van der Waals surface area (Å²) in [6.07, 6.45) is 6.99. The van der Waals surface area contributed by atoms with Crippen molar-refractivity contribution in [1.29, 1.82) is 0 Å². The van der Waals surface area contributed by atoms with E-state index >= 15 is 0 Å². The molecule has 3 N–H and O–H groups in total. The second kappa shape index (κ2) is 11.1. The first kappa shape index (κ1) is 27.6. The van der Waals surface area contributed by atoms with Crippen molar-refractivity contribution in [3.05, 3.63) is 40.5 Å². The average Bonchev–Trinajstić information content (AvgIpc) is 3.37. The lowest BCUT2D eigenvalue weighted by Gasteiger charge is -2.29. The molecule has 3 fully saturated rings. The molecular formula is C30H32N6O6S. The molecule has 1 saturated heterocycles. The summed E-state index contributed by atoms with van der Waals surface area (Å²) >= 11 is 1.53. The van der Waals surface area contributed by atoms with Gasteiger partial charge >= 0.3 is 6.03 Å². The van der Waals surface area contributed by atoms with Crippen molar-refractivity contribution in [2.24, 2.45) is 5.92 Å². The number of benzene rings is 1. The number of hydrogen-bond donors (Lipinski definition) is 3. The summed E-state index contributed by atoms with van der Waals surface area (Å²) in [5.74, 6) is 0.865. The predicted octanol–water partition coefficient (Wildman–Crippen LogP) is 4.06. The highest BCUT2D eigenvalue weighted by atomic mass is 32.1. The quantitative estimate of drug-likeness (QED) is 0.326. The summed E-state index contributed by atoms with van der Waals surface area (Å²) in [4.78, 5) is 60.9. The summed E-state index contributed by atoms with van der Waals surface area (Å²) in [7, 11) is 1.64. The lowest BCUT2D eigenvalue weighted by atomic mass is 10.0. The number of anilines is 1. The van der Waals surface area contributed by atoms with Gasteiger partial charge in [0.05, 0.1) is 41.8 Å². The van der Waals surface area contributed by atoms with Gasteiger partial charge in [0.15, 0.2) is 5.75 Å². The molecule has 0 bridgehead atoms. The van der Waals surface area contributed by atoms with E-state index in [0.29, 0.717) is 28.6 Å². The van der Waals surface area contributed by atoms with Crippen molar-refractivity contribution >= 4 is 51.1 Å². The zero-order valence-corrected chi connectivity index (χ0v) is 24.5. The fraction of sp³-hybridized carbons (Fsp3) is 0.467. The van der Waals surface area contributed by atoms with Gasteiger partial charge in [0.2, 0.25) is 11.8 Å². The van der Waals surface area contributed by atoms with Crippen molar-refractivity contribution < 1.29 is 28.7 Å². The van der Waals surface area contributed by atoms with Crippen LogP contribution in [0.4, 0.5) is 10.6 Å². The molecule has 224 valence electrons. The van der Waals surface area contributed by atoms with Crippen LogP contribution in [0, 0.1) is 5.92 Å². The van der Waals surface area contributed by atoms with Gasteiger partial charge in [-0.1, -0.05) is 0 Å². The molecule has 2 saturated carbocycles. The van der Waals surface area contributed by atoms with E-state index in [1.807, 2.05) is 12.1 Å². The van der Waals surface area contributed by atoms with Crippen molar-refractivity contribution in [1.82, 2.24) is 25.5 Å². The molecule has 43 heavy (non-hydrogen) atoms. The highest BCUT2D eigenvalue weighted by Crippen LogP contribution is 2.45. The van der Waals surface area contributed by atoms with Gasteiger partial charge in [0.25, 0.3) is 5.91 Å². The van der Waals surface area contributed by atoms with Crippen LogP contribution >= 0.6 is 11.3 Å². The van der Waals surface area contributed by atoms with E-state index in [-0.39, 0.29) is 49.3 Å². The van der Waals surface area contributed by atoms with Crippen LogP contribution in [0.2, 0.25) is 0 Å². The molecule has 5 amide bonds. The molecule has 4 heterocycles. The molecule has 1 unspecified atom stereocenters. The number of imide groups is 1. The Kier molecular flexibility index (Phi) is 7.12. The Morgan fingerprint density at radius 2 is 1.91 bits per heavy atom. The largest absolute Gasteiger partial charge is 0.497 e. The van der Waals surface area contributed by atoms with Gasteiger partial charge in [-0.05, 0) is 69.1 Å². The smallest absolute Gasteiger partial charge is 0.320 e. The van der Waals surface area contributed by atoms with E-state index in [1.165, 1.54) is 16.2 Å². The summed E-state index contributed by atoms with van der Waals surface area (Å²) in [5.41, 5.74) is 1.64. The number of fused-ring (bicyclic) bond motifs is 2. The van der Waals surface area contributed by atoms with Crippen LogP contribution in [-0.2, 0) is 16.1 Å². The number of hydrogen-bond acceptors (Lipinski definition) is 9. The number of carbonyl (C=O) groups is 4. The van der Waals surface area contributed by atoms with Gasteiger partial charge in [0.1, 0.15) is 28.1 Å². The number of methoxy groups -OCH3 is 1. The number of aromatic nitrogens is 2. The third kappa shape index (κ3) is 5.49. The number of thiazole rings is 1. The number of ether oxygens (including phenoxy) is 2. The van der Waals surface area contributed by atoms with Gasteiger partial charge in [-0.2, -0.15) is 0 Å². The van der Waals surface area contributed by atoms with Crippen LogP contribution in [0.25, 0.3) is 10.2 Å². The molecule has 3 aromatic rings. The second-order valence-electron chi connectivity index (χ2n) is 11.6. The number of rotatable bonds is 8. The maximum absolute atomic E-state index is 13.2. The van der Waals surface area contributed by atoms with E-state index in [0.717, 1.165) is 53.7 Å². The monoisotopic (exact) mass is 604 g/mol. The molecule has 0 spiro atoms. The Morgan fingerprint density at radius 3 is 2.65 bits per heavy atom. The first-order chi connectivity index (χ1) is 20.9. The Balaban J connectivity index is 1.06. The normalized spacial score (nSPS) is 21.1. The third-order valence-electron chi connectivity index (χ3n) is 8.54. The number of nitrogens with zero attached hydrogens (tertiary/aromatic N) is 3. The zero-order valence-electron chi connectivity index (χ0n) is 23.7. The van der Waals surface area contributed by atoms with Crippen LogP contribution < -0.4 is 25.4 Å². The standard InChI is InChI=1S/C30H32N6O6S/c1-41-17-12-21(42-16-4-2-3-5-16)26-22(13-17)43-28(34-26)25(15-6-7-15)35-30(40)32-23-10-8-18-19(31-23)14-36(29(18)39)20-9-11-24(37)33-27(20)38/h8,10,12-13,15-16,20,25H,2-7,9,11,14H2,1H3,(H,33,37,38)(H2,31,32,35,40)/t20?,25-/m1/s1. The minimum Gasteiger partial charge on any atom is -0.497 e. The third-order valence-corrected chi connectivity index (χ3v) is 9.63. The van der Waals surface area contributed by atoms with Gasteiger partial charge in [0, 0.05) is 12.5 Å². The van der Waals surface area contributed by atoms with Gasteiger partial charge in [-0.15, -0.1) is 11.3 Å². The van der Waals surface area contributed by atoms with E-state index in [2.05, 4.69) is 20.9 Å². The van der Waals surface area contributed by atoms with Gasteiger partial charge in [-0.25, -0.2) is 14.8 Å². The van der Waals surface area contributed by atoms with Crippen molar-refractivity contribution in [3.8, 4) is 11.5 Å². The molecule has 2 aromatic heterocycles. The predicted molar refractivity (Wildman–Crippen MR) is 157 cm³/mol. The molecule has 13 heteroatoms. The van der Waals surface area contributed by atoms with Crippen LogP contribution in [0.5, 0.6) is 11.5 Å². The number of urea groups is 1. The zero-order chi connectivity index (χ0) is 29.7. The van der Waals surface area contributed by atoms with Crippen molar-refractivity contribution in [3.63, 3.8) is 0 Å². The summed E-state index contributed by atoms with van der Waals surface area (Å²) in [6.45, 7) is 0.128. The SMILES string of the molecule is COc1cc(OC2CCCC2)c2nc([C@H](NC(=O)Nc3ccc4c(n3)CN(C3CCC(=O)NC3=O)C4=O)C3CC3)sc2c1. The summed E-state index contributed by atoms with van der Waals surface area (Å²) in [6, 6.07) is 5.61. The molecule has 2 aliphatic carbocycles. The topological polar surface area (TPSA) is 152 Å². The van der Waals surface area contributed by atoms with E-state index in [9.17, 15) is 19.2 Å². The summed E-state index contributed by atoms with van der Waals surface area (Å²) < 4.78 is 12.8. The molecule has 1 aromatic carbocycles. The molecule has 0 radical (unpaired) electrons.